The summed E-state index contributed by atoms with van der Waals surface area (Å²) in [6, 6.07) is 18.3. The fourth-order valence-electron chi connectivity index (χ4n) is 2.26. The molecule has 0 aliphatic carbocycles. The van der Waals surface area contributed by atoms with Crippen molar-refractivity contribution in [3.63, 3.8) is 0 Å². The van der Waals surface area contributed by atoms with Crippen molar-refractivity contribution >= 4 is 0 Å². The number of unbranched alkanes of at least 4 members (excludes halogenated alkanes) is 1. The summed E-state index contributed by atoms with van der Waals surface area (Å²) in [6.45, 7) is 6.43. The number of para-hydroxylation sites is 1. The molecule has 0 bridgehead atoms. The first kappa shape index (κ1) is 17.4. The molecule has 0 spiro atoms. The molecule has 2 aromatic rings. The maximum Gasteiger partial charge on any atom is 0.131 e. The Kier molecular flexibility index (Phi) is 7.47. The molecule has 0 fully saturated rings. The minimum atomic E-state index is 0.725. The number of hydrogen-bond acceptors (Lipinski definition) is 2. The molecule has 2 aromatic carbocycles. The molecule has 0 saturated carbocycles. The van der Waals surface area contributed by atoms with Crippen LogP contribution in [0.5, 0.6) is 17.2 Å². The number of rotatable bonds is 10. The van der Waals surface area contributed by atoms with Gasteiger partial charge in [0.25, 0.3) is 0 Å². The zero-order valence-electron chi connectivity index (χ0n) is 14.2. The summed E-state index contributed by atoms with van der Waals surface area (Å²) in [5, 5.41) is 2.41. The Balaban J connectivity index is 1.71. The summed E-state index contributed by atoms with van der Waals surface area (Å²) in [5.41, 5.74) is 0. The van der Waals surface area contributed by atoms with Gasteiger partial charge in [0.2, 0.25) is 0 Å². The number of hydrogen-bond donors (Lipinski definition) is 1. The molecule has 2 N–H and O–H groups in total. The molecular weight excluding hydrogens is 286 g/mol. The molecule has 124 valence electrons. The Morgan fingerprint density at radius 3 is 2.43 bits per heavy atom. The maximum atomic E-state index is 5.82. The molecule has 1 atom stereocenters. The molecule has 23 heavy (non-hydrogen) atoms. The van der Waals surface area contributed by atoms with Crippen LogP contribution in [0.25, 0.3) is 0 Å². The van der Waals surface area contributed by atoms with E-state index in [0.29, 0.717) is 0 Å². The Hall–Kier alpha value is -2.00. The van der Waals surface area contributed by atoms with Crippen molar-refractivity contribution in [1.82, 2.24) is 0 Å². The standard InChI is InChI=1S/C20H27NO2/c1-3-17(2)21-14-7-8-15-22-19-12-9-13-20(16-19)23-18-10-5-4-6-11-18/h4-6,9-13,16-17,21H,3,7-8,14-15H2,1-2H3/p+1/t17-/m0/s1. The van der Waals surface area contributed by atoms with Crippen LogP contribution in [-0.4, -0.2) is 19.2 Å². The van der Waals surface area contributed by atoms with Gasteiger partial charge in [-0.3, -0.25) is 0 Å². The average molecular weight is 314 g/mol. The first-order chi connectivity index (χ1) is 11.3. The second-order valence-electron chi connectivity index (χ2n) is 5.86. The lowest BCUT2D eigenvalue weighted by Gasteiger charge is -2.10. The smallest absolute Gasteiger partial charge is 0.131 e. The quantitative estimate of drug-likeness (QED) is 0.673. The van der Waals surface area contributed by atoms with Crippen LogP contribution in [-0.2, 0) is 0 Å². The summed E-state index contributed by atoms with van der Waals surface area (Å²) in [4.78, 5) is 0. The van der Waals surface area contributed by atoms with E-state index in [1.54, 1.807) is 0 Å². The van der Waals surface area contributed by atoms with E-state index in [-0.39, 0.29) is 0 Å². The van der Waals surface area contributed by atoms with Gasteiger partial charge >= 0.3 is 0 Å². The molecule has 0 amide bonds. The van der Waals surface area contributed by atoms with Crippen LogP contribution in [0.4, 0.5) is 0 Å². The third kappa shape index (κ3) is 6.74. The van der Waals surface area contributed by atoms with Gasteiger partial charge in [0.1, 0.15) is 17.2 Å². The van der Waals surface area contributed by atoms with Crippen molar-refractivity contribution < 1.29 is 14.8 Å². The second-order valence-corrected chi connectivity index (χ2v) is 5.86. The normalized spacial score (nSPS) is 11.9. The summed E-state index contributed by atoms with van der Waals surface area (Å²) in [5.74, 6) is 2.51. The molecule has 0 aliphatic heterocycles. The molecule has 0 unspecified atom stereocenters. The van der Waals surface area contributed by atoms with Gasteiger partial charge in [-0.05, 0) is 50.5 Å². The Labute approximate surface area is 139 Å². The molecule has 3 nitrogen and oxygen atoms in total. The van der Waals surface area contributed by atoms with Gasteiger partial charge in [-0.2, -0.15) is 0 Å². The minimum absolute atomic E-state index is 0.725. The van der Waals surface area contributed by atoms with E-state index in [1.165, 1.54) is 19.4 Å². The van der Waals surface area contributed by atoms with Crippen molar-refractivity contribution in [3.8, 4) is 17.2 Å². The van der Waals surface area contributed by atoms with E-state index in [1.807, 2.05) is 54.6 Å². The molecule has 0 aliphatic rings. The van der Waals surface area contributed by atoms with E-state index in [2.05, 4.69) is 19.2 Å². The summed E-state index contributed by atoms with van der Waals surface area (Å²) >= 11 is 0. The summed E-state index contributed by atoms with van der Waals surface area (Å²) in [7, 11) is 0. The van der Waals surface area contributed by atoms with E-state index < -0.39 is 0 Å². The van der Waals surface area contributed by atoms with Gasteiger partial charge in [0.15, 0.2) is 0 Å². The molecule has 2 rings (SSSR count). The molecule has 0 saturated heterocycles. The highest BCUT2D eigenvalue weighted by Gasteiger charge is 2.02. The van der Waals surface area contributed by atoms with E-state index in [9.17, 15) is 0 Å². The van der Waals surface area contributed by atoms with Crippen molar-refractivity contribution in [2.24, 2.45) is 0 Å². The van der Waals surface area contributed by atoms with Gasteiger partial charge in [-0.25, -0.2) is 0 Å². The van der Waals surface area contributed by atoms with Crippen LogP contribution in [0.15, 0.2) is 54.6 Å². The number of nitrogens with two attached hydrogens (primary N) is 1. The first-order valence-electron chi connectivity index (χ1n) is 8.57. The molecule has 0 radical (unpaired) electrons. The highest BCUT2D eigenvalue weighted by molar-refractivity contribution is 5.36. The van der Waals surface area contributed by atoms with Gasteiger partial charge in [-0.1, -0.05) is 31.2 Å². The molecular formula is C20H28NO2+. The third-order valence-electron chi connectivity index (χ3n) is 3.86. The molecule has 0 aromatic heterocycles. The Morgan fingerprint density at radius 1 is 0.913 bits per heavy atom. The topological polar surface area (TPSA) is 35.1 Å². The first-order valence-corrected chi connectivity index (χ1v) is 8.57. The second kappa shape index (κ2) is 9.90. The fourth-order valence-corrected chi connectivity index (χ4v) is 2.26. The van der Waals surface area contributed by atoms with Crippen molar-refractivity contribution in [3.05, 3.63) is 54.6 Å². The number of benzene rings is 2. The van der Waals surface area contributed by atoms with Crippen LogP contribution in [0.3, 0.4) is 0 Å². The lowest BCUT2D eigenvalue weighted by molar-refractivity contribution is -0.686. The molecule has 3 heteroatoms. The minimum Gasteiger partial charge on any atom is -0.493 e. The third-order valence-corrected chi connectivity index (χ3v) is 3.86. The summed E-state index contributed by atoms with van der Waals surface area (Å²) < 4.78 is 11.6. The summed E-state index contributed by atoms with van der Waals surface area (Å²) in [6.07, 6.45) is 3.49. The fraction of sp³-hybridized carbons (Fsp3) is 0.400. The lowest BCUT2D eigenvalue weighted by atomic mass is 10.2. The highest BCUT2D eigenvalue weighted by atomic mass is 16.5. The van der Waals surface area contributed by atoms with Gasteiger partial charge in [-0.15, -0.1) is 0 Å². The van der Waals surface area contributed by atoms with Gasteiger partial charge in [0.05, 0.1) is 19.2 Å². The largest absolute Gasteiger partial charge is 0.493 e. The zero-order chi connectivity index (χ0) is 16.3. The van der Waals surface area contributed by atoms with Crippen LogP contribution < -0.4 is 14.8 Å². The van der Waals surface area contributed by atoms with Gasteiger partial charge in [0, 0.05) is 6.07 Å². The van der Waals surface area contributed by atoms with Crippen LogP contribution in [0.2, 0.25) is 0 Å². The predicted octanol–water partition coefficient (Wildman–Crippen LogP) is 4.00. The highest BCUT2D eigenvalue weighted by Crippen LogP contribution is 2.25. The van der Waals surface area contributed by atoms with E-state index in [0.717, 1.165) is 36.3 Å². The van der Waals surface area contributed by atoms with Crippen LogP contribution >= 0.6 is 0 Å². The van der Waals surface area contributed by atoms with Crippen molar-refractivity contribution in [1.29, 1.82) is 0 Å². The van der Waals surface area contributed by atoms with Crippen LogP contribution in [0, 0.1) is 0 Å². The number of quaternary nitrogens is 1. The SMILES string of the molecule is CC[C@H](C)[NH2+]CCCCOc1cccc(Oc2ccccc2)c1. The Morgan fingerprint density at radius 2 is 1.65 bits per heavy atom. The zero-order valence-corrected chi connectivity index (χ0v) is 14.2. The van der Waals surface area contributed by atoms with E-state index in [4.69, 9.17) is 9.47 Å². The van der Waals surface area contributed by atoms with Crippen molar-refractivity contribution in [2.45, 2.75) is 39.2 Å². The Bertz CT molecular complexity index is 557. The average Bonchev–Trinajstić information content (AvgIpc) is 2.59. The van der Waals surface area contributed by atoms with Gasteiger partial charge < -0.3 is 14.8 Å². The molecule has 0 heterocycles. The van der Waals surface area contributed by atoms with Crippen molar-refractivity contribution in [2.75, 3.05) is 13.2 Å². The number of ether oxygens (including phenoxy) is 2. The monoisotopic (exact) mass is 314 g/mol. The predicted molar refractivity (Wildman–Crippen MR) is 94.2 cm³/mol. The maximum absolute atomic E-state index is 5.82. The van der Waals surface area contributed by atoms with Crippen LogP contribution in [0.1, 0.15) is 33.1 Å². The van der Waals surface area contributed by atoms with E-state index >= 15 is 0 Å². The lowest BCUT2D eigenvalue weighted by Crippen LogP contribution is -2.89.